The Labute approximate surface area is 151 Å². The zero-order valence-corrected chi connectivity index (χ0v) is 15.4. The van der Waals surface area contributed by atoms with Crippen molar-refractivity contribution in [2.45, 2.75) is 44.1 Å². The lowest BCUT2D eigenvalue weighted by atomic mass is 9.85. The lowest BCUT2D eigenvalue weighted by Gasteiger charge is -2.44. The van der Waals surface area contributed by atoms with Gasteiger partial charge in [-0.15, -0.1) is 11.3 Å². The molecule has 0 aliphatic carbocycles. The molecule has 2 saturated heterocycles. The third kappa shape index (κ3) is 3.35. The van der Waals surface area contributed by atoms with Crippen molar-refractivity contribution in [3.63, 3.8) is 0 Å². The average molecular weight is 360 g/mol. The molecule has 7 heteroatoms. The monoisotopic (exact) mass is 360 g/mol. The fraction of sp³-hybridized carbons (Fsp3) is 0.611. The fourth-order valence-electron chi connectivity index (χ4n) is 4.09. The third-order valence-corrected chi connectivity index (χ3v) is 6.44. The minimum absolute atomic E-state index is 0.0978. The molecule has 0 unspecified atom stereocenters. The van der Waals surface area contributed by atoms with Crippen LogP contribution < -0.4 is 0 Å². The van der Waals surface area contributed by atoms with E-state index in [1.807, 2.05) is 17.5 Å². The van der Waals surface area contributed by atoms with E-state index >= 15 is 0 Å². The number of hydrogen-bond donors (Lipinski definition) is 0. The number of piperidine rings is 1. The molecule has 1 amide bonds. The minimum atomic E-state index is 0.0978. The molecule has 134 valence electrons. The van der Waals surface area contributed by atoms with Crippen molar-refractivity contribution in [3.8, 4) is 10.7 Å². The van der Waals surface area contributed by atoms with Gasteiger partial charge in [-0.3, -0.25) is 4.79 Å². The number of carbonyl (C=O) groups is 1. The molecule has 2 fully saturated rings. The van der Waals surface area contributed by atoms with Crippen LogP contribution in [-0.4, -0.2) is 58.1 Å². The number of carbonyl (C=O) groups excluding carboxylic acids is 1. The van der Waals surface area contributed by atoms with Crippen LogP contribution in [0.3, 0.4) is 0 Å². The molecule has 25 heavy (non-hydrogen) atoms. The van der Waals surface area contributed by atoms with Gasteiger partial charge in [-0.05, 0) is 44.2 Å². The first-order chi connectivity index (χ1) is 12.2. The highest BCUT2D eigenvalue weighted by Gasteiger charge is 2.44. The molecule has 2 aromatic rings. The predicted octanol–water partition coefficient (Wildman–Crippen LogP) is 2.82. The number of amides is 1. The molecule has 6 nitrogen and oxygen atoms in total. The highest BCUT2D eigenvalue weighted by molar-refractivity contribution is 7.13. The highest BCUT2D eigenvalue weighted by Crippen LogP contribution is 2.38. The number of thiophene rings is 1. The molecule has 4 rings (SSSR count). The maximum atomic E-state index is 12.8. The van der Waals surface area contributed by atoms with Crippen molar-refractivity contribution in [2.75, 3.05) is 26.7 Å². The Bertz CT molecular complexity index is 719. The molecular weight excluding hydrogens is 336 g/mol. The first-order valence-corrected chi connectivity index (χ1v) is 9.90. The minimum Gasteiger partial charge on any atom is -0.339 e. The van der Waals surface area contributed by atoms with Crippen LogP contribution in [0.1, 0.15) is 38.0 Å². The van der Waals surface area contributed by atoms with Gasteiger partial charge in [0.25, 0.3) is 0 Å². The Morgan fingerprint density at radius 2 is 2.16 bits per heavy atom. The van der Waals surface area contributed by atoms with Gasteiger partial charge in [-0.1, -0.05) is 11.2 Å². The summed E-state index contributed by atoms with van der Waals surface area (Å²) in [5.74, 6) is 1.40. The van der Waals surface area contributed by atoms with Crippen molar-refractivity contribution >= 4 is 17.2 Å². The highest BCUT2D eigenvalue weighted by atomic mass is 32.1. The molecule has 0 N–H and O–H groups in total. The number of nitrogens with zero attached hydrogens (tertiary/aromatic N) is 4. The van der Waals surface area contributed by atoms with Gasteiger partial charge in [0, 0.05) is 38.0 Å². The number of aromatic nitrogens is 2. The summed E-state index contributed by atoms with van der Waals surface area (Å²) in [6, 6.07) is 3.94. The van der Waals surface area contributed by atoms with Crippen molar-refractivity contribution < 1.29 is 9.32 Å². The molecule has 1 spiro atoms. The van der Waals surface area contributed by atoms with Crippen molar-refractivity contribution in [1.29, 1.82) is 0 Å². The van der Waals surface area contributed by atoms with Crippen LogP contribution in [0.5, 0.6) is 0 Å². The topological polar surface area (TPSA) is 62.5 Å². The zero-order valence-electron chi connectivity index (χ0n) is 14.6. The second kappa shape index (κ2) is 6.88. The van der Waals surface area contributed by atoms with E-state index in [2.05, 4.69) is 27.0 Å². The Kier molecular flexibility index (Phi) is 4.60. The molecule has 2 aliphatic rings. The normalized spacial score (nSPS) is 20.4. The maximum Gasteiger partial charge on any atom is 0.227 e. The Hall–Kier alpha value is -1.73. The summed E-state index contributed by atoms with van der Waals surface area (Å²) in [7, 11) is 2.16. The van der Waals surface area contributed by atoms with Crippen LogP contribution in [0.25, 0.3) is 10.7 Å². The third-order valence-electron chi connectivity index (χ3n) is 5.58. The first-order valence-electron chi connectivity index (χ1n) is 9.02. The summed E-state index contributed by atoms with van der Waals surface area (Å²) >= 11 is 1.58. The molecule has 0 radical (unpaired) electrons. The maximum absolute atomic E-state index is 12.8. The summed E-state index contributed by atoms with van der Waals surface area (Å²) < 4.78 is 5.32. The lowest BCUT2D eigenvalue weighted by molar-refractivity contribution is -0.137. The second-order valence-corrected chi connectivity index (χ2v) is 8.11. The fourth-order valence-corrected chi connectivity index (χ4v) is 4.74. The van der Waals surface area contributed by atoms with Crippen molar-refractivity contribution in [3.05, 3.63) is 23.4 Å². The summed E-state index contributed by atoms with van der Waals surface area (Å²) in [5.41, 5.74) is 0.0978. The summed E-state index contributed by atoms with van der Waals surface area (Å²) in [6.07, 6.45) is 5.43. The van der Waals surface area contributed by atoms with Gasteiger partial charge >= 0.3 is 0 Å². The summed E-state index contributed by atoms with van der Waals surface area (Å²) in [4.78, 5) is 22.8. The average Bonchev–Trinajstić information content (AvgIpc) is 3.36. The molecule has 0 aromatic carbocycles. The van der Waals surface area contributed by atoms with Crippen LogP contribution in [0.15, 0.2) is 22.0 Å². The Morgan fingerprint density at radius 3 is 2.92 bits per heavy atom. The Balaban J connectivity index is 1.37. The van der Waals surface area contributed by atoms with Gasteiger partial charge in [0.2, 0.25) is 17.6 Å². The van der Waals surface area contributed by atoms with Crippen LogP contribution in [0.4, 0.5) is 0 Å². The summed E-state index contributed by atoms with van der Waals surface area (Å²) in [6.45, 7) is 3.06. The SMILES string of the molecule is CN1CCC2(CCCN2C(=O)CCc2nc(-c3cccs3)no2)CC1. The quantitative estimate of drug-likeness (QED) is 0.839. The van der Waals surface area contributed by atoms with E-state index in [9.17, 15) is 4.79 Å². The number of likely N-dealkylation sites (tertiary alicyclic amines) is 2. The van der Waals surface area contributed by atoms with Crippen LogP contribution in [0.2, 0.25) is 0 Å². The number of hydrogen-bond acceptors (Lipinski definition) is 6. The van der Waals surface area contributed by atoms with Crippen molar-refractivity contribution in [1.82, 2.24) is 19.9 Å². The molecule has 0 saturated carbocycles. The van der Waals surface area contributed by atoms with Crippen molar-refractivity contribution in [2.24, 2.45) is 0 Å². The lowest BCUT2D eigenvalue weighted by Crippen LogP contribution is -2.53. The van der Waals surface area contributed by atoms with Gasteiger partial charge in [-0.2, -0.15) is 4.98 Å². The van der Waals surface area contributed by atoms with Gasteiger partial charge in [0.05, 0.1) is 4.88 Å². The molecule has 0 bridgehead atoms. The van der Waals surface area contributed by atoms with E-state index in [1.165, 1.54) is 0 Å². The second-order valence-electron chi connectivity index (χ2n) is 7.17. The molecule has 4 heterocycles. The predicted molar refractivity (Wildman–Crippen MR) is 96.3 cm³/mol. The van der Waals surface area contributed by atoms with Crippen LogP contribution in [0, 0.1) is 0 Å². The smallest absolute Gasteiger partial charge is 0.227 e. The van der Waals surface area contributed by atoms with Gasteiger partial charge in [0.15, 0.2) is 0 Å². The van der Waals surface area contributed by atoms with E-state index in [-0.39, 0.29) is 11.4 Å². The zero-order chi connectivity index (χ0) is 17.3. The van der Waals surface area contributed by atoms with E-state index in [0.717, 1.165) is 50.2 Å². The van der Waals surface area contributed by atoms with E-state index < -0.39 is 0 Å². The molecule has 2 aliphatic heterocycles. The van der Waals surface area contributed by atoms with Gasteiger partial charge < -0.3 is 14.3 Å². The summed E-state index contributed by atoms with van der Waals surface area (Å²) in [5, 5.41) is 6.01. The Morgan fingerprint density at radius 1 is 1.32 bits per heavy atom. The van der Waals surface area contributed by atoms with Gasteiger partial charge in [-0.25, -0.2) is 0 Å². The van der Waals surface area contributed by atoms with Crippen LogP contribution >= 0.6 is 11.3 Å². The van der Waals surface area contributed by atoms with Gasteiger partial charge in [0.1, 0.15) is 0 Å². The number of rotatable bonds is 4. The largest absolute Gasteiger partial charge is 0.339 e. The van der Waals surface area contributed by atoms with E-state index in [4.69, 9.17) is 4.52 Å². The standard InChI is InChI=1S/C18H24N4O2S/c1-21-11-8-18(9-12-21)7-3-10-22(18)16(23)6-5-15-19-17(20-24-15)14-4-2-13-25-14/h2,4,13H,3,5-12H2,1H3. The first kappa shape index (κ1) is 16.7. The molecule has 0 atom stereocenters. The van der Waals surface area contributed by atoms with E-state index in [1.54, 1.807) is 11.3 Å². The molecule has 2 aromatic heterocycles. The van der Waals surface area contributed by atoms with Crippen LogP contribution in [-0.2, 0) is 11.2 Å². The van der Waals surface area contributed by atoms with E-state index in [0.29, 0.717) is 24.6 Å². The number of aryl methyl sites for hydroxylation is 1. The molecular formula is C18H24N4O2S.